The minimum absolute atomic E-state index is 0.00687. The number of aliphatic hydroxyl groups is 1. The van der Waals surface area contributed by atoms with Gasteiger partial charge in [-0.3, -0.25) is 19.3 Å². The van der Waals surface area contributed by atoms with Gasteiger partial charge < -0.3 is 24.5 Å². The number of carbonyl (C=O) groups is 3. The first-order valence-corrected chi connectivity index (χ1v) is 15.8. The van der Waals surface area contributed by atoms with Crippen LogP contribution in [-0.4, -0.2) is 130 Å². The Labute approximate surface area is 243 Å². The molecule has 0 aromatic carbocycles. The summed E-state index contributed by atoms with van der Waals surface area (Å²) in [6.45, 7) is 19.2. The Morgan fingerprint density at radius 3 is 2.38 bits per heavy atom. The van der Waals surface area contributed by atoms with E-state index in [9.17, 15) is 19.5 Å². The number of hydrogen-bond acceptors (Lipinski definition) is 7. The molecular weight excluding hydrogens is 528 g/mol. The molecule has 4 rings (SSSR count). The van der Waals surface area contributed by atoms with Crippen molar-refractivity contribution in [3.8, 4) is 0 Å². The number of hydrogen-bond donors (Lipinski definition) is 1. The van der Waals surface area contributed by atoms with Gasteiger partial charge in [0.25, 0.3) is 0 Å². The van der Waals surface area contributed by atoms with E-state index < -0.39 is 28.7 Å². The maximum absolute atomic E-state index is 14.6. The molecule has 0 radical (unpaired) electrons. The van der Waals surface area contributed by atoms with Crippen molar-refractivity contribution in [3.05, 3.63) is 25.3 Å². The van der Waals surface area contributed by atoms with Crippen LogP contribution in [0.2, 0.25) is 0 Å². The maximum Gasteiger partial charge on any atom is 0.247 e. The molecule has 6 atom stereocenters. The van der Waals surface area contributed by atoms with Crippen LogP contribution in [0.25, 0.3) is 0 Å². The lowest BCUT2D eigenvalue weighted by Crippen LogP contribution is -2.59. The van der Waals surface area contributed by atoms with Crippen molar-refractivity contribution in [2.24, 2.45) is 17.8 Å². The summed E-state index contributed by atoms with van der Waals surface area (Å²) >= 11 is 1.69. The molecule has 9 nitrogen and oxygen atoms in total. The standard InChI is InChI=1S/C30H48N4O5S/c1-6-11-32(12-7-2)27(36)24-23-9-10-30(40-23)25(24)28(37)34(22(20-35)21(4)5)26(30)29(38)33(13-8-3)15-14-31-16-18-39-19-17-31/h6,8,21-26,35H,1,3,7,9-20H2,2,4-5H3/t22-,23+,24-,25-,26?,30?/m0/s1. The maximum atomic E-state index is 14.6. The molecular formula is C30H48N4O5S. The van der Waals surface area contributed by atoms with Crippen LogP contribution in [0.4, 0.5) is 0 Å². The first kappa shape index (κ1) is 31.1. The summed E-state index contributed by atoms with van der Waals surface area (Å²) in [5.41, 5.74) is 0. The Morgan fingerprint density at radius 2 is 1.80 bits per heavy atom. The third-order valence-corrected chi connectivity index (χ3v) is 11.1. The van der Waals surface area contributed by atoms with E-state index in [1.165, 1.54) is 0 Å². The lowest BCUT2D eigenvalue weighted by Gasteiger charge is -2.41. The van der Waals surface area contributed by atoms with E-state index in [0.29, 0.717) is 45.8 Å². The van der Waals surface area contributed by atoms with Crippen molar-refractivity contribution < 1.29 is 24.2 Å². The monoisotopic (exact) mass is 576 g/mol. The molecule has 40 heavy (non-hydrogen) atoms. The second-order valence-corrected chi connectivity index (χ2v) is 13.5. The molecule has 1 spiro atoms. The SMILES string of the molecule is C=CCN(CCN1CCOCC1)C(=O)C1N([C@@H](CO)C(C)C)C(=O)[C@@H]2[C@@H](C(=O)N(CC=C)CCC)[C@H]3CCC12S3. The molecule has 2 unspecified atom stereocenters. The molecule has 0 aromatic heterocycles. The number of nitrogens with zero attached hydrogens (tertiary/aromatic N) is 4. The van der Waals surface area contributed by atoms with Gasteiger partial charge in [-0.25, -0.2) is 0 Å². The lowest BCUT2D eigenvalue weighted by molar-refractivity contribution is -0.148. The highest BCUT2D eigenvalue weighted by Crippen LogP contribution is 2.67. The van der Waals surface area contributed by atoms with Crippen molar-refractivity contribution >= 4 is 29.5 Å². The molecule has 4 aliphatic rings. The second kappa shape index (κ2) is 13.4. The highest BCUT2D eigenvalue weighted by molar-refractivity contribution is 8.02. The summed E-state index contributed by atoms with van der Waals surface area (Å²) in [6, 6.07) is -1.22. The Bertz CT molecular complexity index is 956. The molecule has 1 N–H and O–H groups in total. The number of aliphatic hydroxyl groups excluding tert-OH is 1. The van der Waals surface area contributed by atoms with Gasteiger partial charge in [0, 0.05) is 51.1 Å². The molecule has 2 bridgehead atoms. The molecule has 4 saturated heterocycles. The quantitative estimate of drug-likeness (QED) is 0.316. The molecule has 10 heteroatoms. The summed E-state index contributed by atoms with van der Waals surface area (Å²) in [5.74, 6) is -1.34. The Morgan fingerprint density at radius 1 is 1.15 bits per heavy atom. The first-order valence-electron chi connectivity index (χ1n) is 15.0. The van der Waals surface area contributed by atoms with Crippen molar-refractivity contribution in [2.45, 2.75) is 62.1 Å². The molecule has 4 heterocycles. The predicted octanol–water partition coefficient (Wildman–Crippen LogP) is 1.87. The minimum Gasteiger partial charge on any atom is -0.394 e. The van der Waals surface area contributed by atoms with E-state index >= 15 is 0 Å². The smallest absolute Gasteiger partial charge is 0.247 e. The number of amides is 3. The van der Waals surface area contributed by atoms with Gasteiger partial charge in [-0.2, -0.15) is 0 Å². The van der Waals surface area contributed by atoms with Crippen LogP contribution in [0, 0.1) is 17.8 Å². The predicted molar refractivity (Wildman–Crippen MR) is 158 cm³/mol. The molecule has 224 valence electrons. The average Bonchev–Trinajstić information content (AvgIpc) is 3.59. The highest BCUT2D eigenvalue weighted by atomic mass is 32.2. The number of likely N-dealkylation sites (tertiary alicyclic amines) is 1. The zero-order valence-electron chi connectivity index (χ0n) is 24.5. The normalized spacial score (nSPS) is 30.4. The average molecular weight is 577 g/mol. The Kier molecular flexibility index (Phi) is 10.4. The first-order chi connectivity index (χ1) is 19.2. The molecule has 3 amide bonds. The van der Waals surface area contributed by atoms with E-state index in [1.807, 2.05) is 30.6 Å². The van der Waals surface area contributed by atoms with Crippen LogP contribution in [-0.2, 0) is 19.1 Å². The summed E-state index contributed by atoms with van der Waals surface area (Å²) < 4.78 is 4.81. The molecule has 0 aliphatic carbocycles. The van der Waals surface area contributed by atoms with Crippen LogP contribution in [0.1, 0.15) is 40.0 Å². The third-order valence-electron chi connectivity index (χ3n) is 9.18. The van der Waals surface area contributed by atoms with Gasteiger partial charge in [-0.05, 0) is 25.2 Å². The van der Waals surface area contributed by atoms with Crippen molar-refractivity contribution in [1.82, 2.24) is 19.6 Å². The van der Waals surface area contributed by atoms with E-state index in [-0.39, 0.29) is 35.5 Å². The van der Waals surface area contributed by atoms with Gasteiger partial charge >= 0.3 is 0 Å². The summed E-state index contributed by atoms with van der Waals surface area (Å²) in [6.07, 6.45) is 5.81. The fraction of sp³-hybridized carbons (Fsp3) is 0.767. The molecule has 4 aliphatic heterocycles. The largest absolute Gasteiger partial charge is 0.394 e. The van der Waals surface area contributed by atoms with E-state index in [1.54, 1.807) is 28.8 Å². The molecule has 0 aromatic rings. The fourth-order valence-electron chi connectivity index (χ4n) is 7.26. The van der Waals surface area contributed by atoms with Gasteiger partial charge in [0.1, 0.15) is 6.04 Å². The van der Waals surface area contributed by atoms with Crippen molar-refractivity contribution in [3.63, 3.8) is 0 Å². The zero-order chi connectivity index (χ0) is 29.0. The zero-order valence-corrected chi connectivity index (χ0v) is 25.3. The topological polar surface area (TPSA) is 93.6 Å². The number of thioether (sulfide) groups is 1. The van der Waals surface area contributed by atoms with E-state index in [0.717, 1.165) is 32.5 Å². The minimum atomic E-state index is -0.721. The van der Waals surface area contributed by atoms with Crippen LogP contribution < -0.4 is 0 Å². The van der Waals surface area contributed by atoms with Gasteiger partial charge in [0.2, 0.25) is 17.7 Å². The number of fused-ring (bicyclic) bond motifs is 1. The Hall–Kier alpha value is -1.88. The van der Waals surface area contributed by atoms with Crippen LogP contribution in [0.5, 0.6) is 0 Å². The number of rotatable bonds is 14. The molecule has 0 saturated carbocycles. The van der Waals surface area contributed by atoms with Gasteiger partial charge in [0.05, 0.1) is 42.4 Å². The summed E-state index contributed by atoms with van der Waals surface area (Å²) in [5, 5.41) is 10.5. The van der Waals surface area contributed by atoms with Gasteiger partial charge in [-0.1, -0.05) is 32.9 Å². The van der Waals surface area contributed by atoms with Gasteiger partial charge in [0.15, 0.2) is 0 Å². The van der Waals surface area contributed by atoms with Crippen molar-refractivity contribution in [1.29, 1.82) is 0 Å². The lowest BCUT2D eigenvalue weighted by atomic mass is 9.70. The highest BCUT2D eigenvalue weighted by Gasteiger charge is 2.74. The van der Waals surface area contributed by atoms with E-state index in [4.69, 9.17) is 4.74 Å². The van der Waals surface area contributed by atoms with Crippen LogP contribution >= 0.6 is 11.8 Å². The van der Waals surface area contributed by atoms with Crippen molar-refractivity contribution in [2.75, 3.05) is 65.6 Å². The summed E-state index contributed by atoms with van der Waals surface area (Å²) in [4.78, 5) is 50.6. The van der Waals surface area contributed by atoms with Crippen LogP contribution in [0.3, 0.4) is 0 Å². The second-order valence-electron chi connectivity index (χ2n) is 11.9. The third kappa shape index (κ3) is 5.61. The fourth-order valence-corrected chi connectivity index (χ4v) is 9.46. The van der Waals surface area contributed by atoms with Crippen LogP contribution in [0.15, 0.2) is 25.3 Å². The number of morpholine rings is 1. The Balaban J connectivity index is 1.70. The van der Waals surface area contributed by atoms with E-state index in [2.05, 4.69) is 18.1 Å². The van der Waals surface area contributed by atoms with Gasteiger partial charge in [-0.15, -0.1) is 24.9 Å². The number of ether oxygens (including phenoxy) is 1. The molecule has 4 fully saturated rings. The summed E-state index contributed by atoms with van der Waals surface area (Å²) in [7, 11) is 0. The number of carbonyl (C=O) groups excluding carboxylic acids is 3.